The van der Waals surface area contributed by atoms with E-state index in [1.165, 1.54) is 10.9 Å². The normalized spacial score (nSPS) is 17.9. The molecule has 0 atom stereocenters. The molecule has 0 saturated heterocycles. The summed E-state index contributed by atoms with van der Waals surface area (Å²) in [6.07, 6.45) is 5.78. The standard InChI is InChI=1S/C11H20N4O2S/c1-3-4-11(5-6-11)8-13-18(16,17)9-7-15(2)14-10(9)12/h7,13H,3-6,8H2,1-2H3,(H2,12,14). The maximum absolute atomic E-state index is 12.1. The van der Waals surface area contributed by atoms with E-state index < -0.39 is 10.0 Å². The van der Waals surface area contributed by atoms with E-state index in [0.717, 1.165) is 25.7 Å². The van der Waals surface area contributed by atoms with Crippen LogP contribution in [-0.2, 0) is 17.1 Å². The van der Waals surface area contributed by atoms with Gasteiger partial charge in [0.1, 0.15) is 4.90 Å². The first-order valence-electron chi connectivity index (χ1n) is 6.17. The van der Waals surface area contributed by atoms with E-state index in [-0.39, 0.29) is 16.1 Å². The molecule has 0 radical (unpaired) electrons. The maximum atomic E-state index is 12.1. The van der Waals surface area contributed by atoms with Gasteiger partial charge in [-0.15, -0.1) is 0 Å². The first-order chi connectivity index (χ1) is 8.38. The molecular weight excluding hydrogens is 252 g/mol. The minimum absolute atomic E-state index is 0.0466. The van der Waals surface area contributed by atoms with Crippen LogP contribution in [0.4, 0.5) is 5.82 Å². The van der Waals surface area contributed by atoms with Crippen molar-refractivity contribution in [2.45, 2.75) is 37.5 Å². The highest BCUT2D eigenvalue weighted by atomic mass is 32.2. The van der Waals surface area contributed by atoms with Gasteiger partial charge in [-0.05, 0) is 24.7 Å². The smallest absolute Gasteiger partial charge is 0.245 e. The summed E-state index contributed by atoms with van der Waals surface area (Å²) in [7, 11) is -1.89. The lowest BCUT2D eigenvalue weighted by molar-refractivity contribution is 0.449. The van der Waals surface area contributed by atoms with Crippen molar-refractivity contribution in [3.8, 4) is 0 Å². The Bertz CT molecular complexity index is 531. The Morgan fingerprint density at radius 3 is 2.67 bits per heavy atom. The number of aromatic nitrogens is 2. The van der Waals surface area contributed by atoms with Gasteiger partial charge in [0, 0.05) is 19.8 Å². The van der Waals surface area contributed by atoms with Crippen LogP contribution in [0.3, 0.4) is 0 Å². The Balaban J connectivity index is 2.06. The summed E-state index contributed by atoms with van der Waals surface area (Å²) in [4.78, 5) is 0.0669. The molecule has 7 heteroatoms. The number of hydrogen-bond acceptors (Lipinski definition) is 4. The second-order valence-corrected chi connectivity index (χ2v) is 6.86. The van der Waals surface area contributed by atoms with E-state index in [1.54, 1.807) is 7.05 Å². The molecule has 102 valence electrons. The van der Waals surface area contributed by atoms with E-state index in [1.807, 2.05) is 0 Å². The Kier molecular flexibility index (Phi) is 3.37. The van der Waals surface area contributed by atoms with Gasteiger partial charge in [0.15, 0.2) is 5.82 Å². The summed E-state index contributed by atoms with van der Waals surface area (Å²) in [6.45, 7) is 2.62. The third kappa shape index (κ3) is 2.67. The van der Waals surface area contributed by atoms with E-state index in [9.17, 15) is 8.42 Å². The molecule has 1 aromatic rings. The molecule has 2 rings (SSSR count). The number of sulfonamides is 1. The number of nitrogens with two attached hydrogens (primary N) is 1. The fraction of sp³-hybridized carbons (Fsp3) is 0.727. The number of aryl methyl sites for hydroxylation is 1. The molecule has 6 nitrogen and oxygen atoms in total. The van der Waals surface area contributed by atoms with Gasteiger partial charge < -0.3 is 5.73 Å². The SMILES string of the molecule is CCCC1(CNS(=O)(=O)c2cn(C)nc2N)CC1. The molecule has 3 N–H and O–H groups in total. The largest absolute Gasteiger partial charge is 0.381 e. The molecule has 1 aliphatic carbocycles. The molecule has 1 heterocycles. The van der Waals surface area contributed by atoms with Crippen molar-refractivity contribution in [2.75, 3.05) is 12.3 Å². The van der Waals surface area contributed by atoms with Crippen molar-refractivity contribution in [1.82, 2.24) is 14.5 Å². The number of nitrogen functional groups attached to an aromatic ring is 1. The summed E-state index contributed by atoms with van der Waals surface area (Å²) in [5.41, 5.74) is 5.77. The Labute approximate surface area is 108 Å². The van der Waals surface area contributed by atoms with Gasteiger partial charge in [0.25, 0.3) is 0 Å². The predicted molar refractivity (Wildman–Crippen MR) is 69.4 cm³/mol. The number of nitrogens with one attached hydrogen (secondary N) is 1. The summed E-state index contributed by atoms with van der Waals surface area (Å²) >= 11 is 0. The first kappa shape index (κ1) is 13.4. The Morgan fingerprint density at radius 2 is 2.22 bits per heavy atom. The van der Waals surface area contributed by atoms with Crippen LogP contribution in [0.25, 0.3) is 0 Å². The fourth-order valence-corrected chi connectivity index (χ4v) is 3.50. The molecule has 0 bridgehead atoms. The second kappa shape index (κ2) is 4.55. The van der Waals surface area contributed by atoms with Gasteiger partial charge in [-0.1, -0.05) is 13.3 Å². The molecule has 0 aliphatic heterocycles. The van der Waals surface area contributed by atoms with Crippen molar-refractivity contribution >= 4 is 15.8 Å². The van der Waals surface area contributed by atoms with Gasteiger partial charge in [0.05, 0.1) is 0 Å². The summed E-state index contributed by atoms with van der Waals surface area (Å²) in [5.74, 6) is 0.0466. The van der Waals surface area contributed by atoms with Crippen LogP contribution < -0.4 is 10.5 Å². The highest BCUT2D eigenvalue weighted by Gasteiger charge is 2.42. The average Bonchev–Trinajstić information content (AvgIpc) is 2.96. The lowest BCUT2D eigenvalue weighted by atomic mass is 10.0. The third-order valence-corrected chi connectivity index (χ3v) is 4.90. The Morgan fingerprint density at radius 1 is 1.56 bits per heavy atom. The van der Waals surface area contributed by atoms with E-state index in [2.05, 4.69) is 16.7 Å². The fourth-order valence-electron chi connectivity index (χ4n) is 2.24. The quantitative estimate of drug-likeness (QED) is 0.803. The van der Waals surface area contributed by atoms with Crippen LogP contribution in [0.15, 0.2) is 11.1 Å². The minimum atomic E-state index is -3.54. The van der Waals surface area contributed by atoms with Gasteiger partial charge in [-0.25, -0.2) is 13.1 Å². The van der Waals surface area contributed by atoms with Gasteiger partial charge in [0.2, 0.25) is 10.0 Å². The van der Waals surface area contributed by atoms with Gasteiger partial charge >= 0.3 is 0 Å². The van der Waals surface area contributed by atoms with Crippen LogP contribution in [0, 0.1) is 5.41 Å². The molecule has 1 aliphatic rings. The monoisotopic (exact) mass is 272 g/mol. The first-order valence-corrected chi connectivity index (χ1v) is 7.66. The van der Waals surface area contributed by atoms with Crippen LogP contribution in [0.1, 0.15) is 32.6 Å². The molecule has 0 spiro atoms. The second-order valence-electron chi connectivity index (χ2n) is 5.13. The summed E-state index contributed by atoms with van der Waals surface area (Å²) < 4.78 is 28.3. The minimum Gasteiger partial charge on any atom is -0.381 e. The molecule has 18 heavy (non-hydrogen) atoms. The van der Waals surface area contributed by atoms with Crippen LogP contribution in [-0.4, -0.2) is 24.7 Å². The molecule has 1 aromatic heterocycles. The van der Waals surface area contributed by atoms with Crippen molar-refractivity contribution < 1.29 is 8.42 Å². The van der Waals surface area contributed by atoms with Crippen molar-refractivity contribution in [1.29, 1.82) is 0 Å². The topological polar surface area (TPSA) is 90.0 Å². The number of anilines is 1. The van der Waals surface area contributed by atoms with Gasteiger partial charge in [-0.3, -0.25) is 4.68 Å². The average molecular weight is 272 g/mol. The highest BCUT2D eigenvalue weighted by molar-refractivity contribution is 7.89. The third-order valence-electron chi connectivity index (χ3n) is 3.49. The van der Waals surface area contributed by atoms with Crippen molar-refractivity contribution in [2.24, 2.45) is 12.5 Å². The summed E-state index contributed by atoms with van der Waals surface area (Å²) in [5, 5.41) is 3.85. The maximum Gasteiger partial charge on any atom is 0.245 e. The van der Waals surface area contributed by atoms with Crippen LogP contribution >= 0.6 is 0 Å². The Hall–Kier alpha value is -1.08. The molecule has 0 aromatic carbocycles. The zero-order valence-corrected chi connectivity index (χ0v) is 11.6. The van der Waals surface area contributed by atoms with Gasteiger partial charge in [-0.2, -0.15) is 5.10 Å². The summed E-state index contributed by atoms with van der Waals surface area (Å²) in [6, 6.07) is 0. The molecule has 0 unspecified atom stereocenters. The highest BCUT2D eigenvalue weighted by Crippen LogP contribution is 2.49. The number of hydrogen-bond donors (Lipinski definition) is 2. The zero-order chi connectivity index (χ0) is 13.4. The van der Waals surface area contributed by atoms with Crippen LogP contribution in [0.5, 0.6) is 0 Å². The lowest BCUT2D eigenvalue weighted by Crippen LogP contribution is -2.30. The molecular formula is C11H20N4O2S. The number of nitrogens with zero attached hydrogens (tertiary/aromatic N) is 2. The number of rotatable bonds is 6. The van der Waals surface area contributed by atoms with E-state index in [0.29, 0.717) is 6.54 Å². The van der Waals surface area contributed by atoms with E-state index >= 15 is 0 Å². The van der Waals surface area contributed by atoms with Crippen molar-refractivity contribution in [3.05, 3.63) is 6.20 Å². The molecule has 1 saturated carbocycles. The predicted octanol–water partition coefficient (Wildman–Crippen LogP) is 0.861. The van der Waals surface area contributed by atoms with E-state index in [4.69, 9.17) is 5.73 Å². The zero-order valence-electron chi connectivity index (χ0n) is 10.8. The molecule has 1 fully saturated rings. The lowest BCUT2D eigenvalue weighted by Gasteiger charge is -2.14. The molecule has 0 amide bonds. The van der Waals surface area contributed by atoms with Crippen molar-refractivity contribution in [3.63, 3.8) is 0 Å². The van der Waals surface area contributed by atoms with Crippen LogP contribution in [0.2, 0.25) is 0 Å².